The van der Waals surface area contributed by atoms with Gasteiger partial charge in [-0.1, -0.05) is 62.1 Å². The van der Waals surface area contributed by atoms with E-state index in [1.165, 1.54) is 18.4 Å². The molecule has 0 spiro atoms. The van der Waals surface area contributed by atoms with Crippen molar-refractivity contribution < 1.29 is 9.90 Å². The molecule has 0 aliphatic carbocycles. The molecule has 0 fully saturated rings. The standard InChI is InChI=1S/C25H35ClN2O2/c1-3-4-9-21-10-12-22(13-11-21)19-28(16-7-5-6-8-17-29)25(30)27-24-15-14-23(26)18-20(24)2/h10-15,18,29H,3-9,16-17,19H2,1-2H3,(H,27,30). The Balaban J connectivity index is 2.03. The van der Waals surface area contributed by atoms with E-state index in [-0.39, 0.29) is 12.6 Å². The molecule has 0 radical (unpaired) electrons. The van der Waals surface area contributed by atoms with Crippen LogP contribution < -0.4 is 5.32 Å². The van der Waals surface area contributed by atoms with E-state index in [9.17, 15) is 4.79 Å². The number of aryl methyl sites for hydroxylation is 2. The Labute approximate surface area is 186 Å². The zero-order chi connectivity index (χ0) is 21.8. The summed E-state index contributed by atoms with van der Waals surface area (Å²) in [5, 5.41) is 12.7. The van der Waals surface area contributed by atoms with Gasteiger partial charge in [-0.15, -0.1) is 0 Å². The molecular weight excluding hydrogens is 396 g/mol. The zero-order valence-corrected chi connectivity index (χ0v) is 19.0. The fourth-order valence-electron chi connectivity index (χ4n) is 3.39. The number of amides is 2. The molecule has 0 heterocycles. The molecule has 0 aliphatic heterocycles. The van der Waals surface area contributed by atoms with E-state index in [2.05, 4.69) is 36.5 Å². The van der Waals surface area contributed by atoms with E-state index >= 15 is 0 Å². The van der Waals surface area contributed by atoms with Gasteiger partial charge in [0, 0.05) is 30.4 Å². The van der Waals surface area contributed by atoms with Crippen LogP contribution in [-0.4, -0.2) is 29.2 Å². The molecule has 2 N–H and O–H groups in total. The van der Waals surface area contributed by atoms with Gasteiger partial charge in [0.15, 0.2) is 0 Å². The Morgan fingerprint density at radius 3 is 2.37 bits per heavy atom. The lowest BCUT2D eigenvalue weighted by atomic mass is 10.1. The summed E-state index contributed by atoms with van der Waals surface area (Å²) in [4.78, 5) is 14.9. The van der Waals surface area contributed by atoms with Crippen molar-refractivity contribution in [3.05, 3.63) is 64.2 Å². The quantitative estimate of drug-likeness (QED) is 0.374. The molecule has 30 heavy (non-hydrogen) atoms. The highest BCUT2D eigenvalue weighted by Crippen LogP contribution is 2.20. The first-order chi connectivity index (χ1) is 14.5. The highest BCUT2D eigenvalue weighted by atomic mass is 35.5. The van der Waals surface area contributed by atoms with Gasteiger partial charge < -0.3 is 15.3 Å². The van der Waals surface area contributed by atoms with Gasteiger partial charge in [0.25, 0.3) is 0 Å². The molecule has 164 valence electrons. The van der Waals surface area contributed by atoms with Crippen molar-refractivity contribution in [2.75, 3.05) is 18.5 Å². The molecule has 0 saturated heterocycles. The lowest BCUT2D eigenvalue weighted by Crippen LogP contribution is -2.35. The van der Waals surface area contributed by atoms with Crippen LogP contribution in [0.4, 0.5) is 10.5 Å². The lowest BCUT2D eigenvalue weighted by Gasteiger charge is -2.24. The molecule has 5 heteroatoms. The minimum absolute atomic E-state index is 0.0994. The van der Waals surface area contributed by atoms with E-state index in [1.807, 2.05) is 24.0 Å². The summed E-state index contributed by atoms with van der Waals surface area (Å²) in [5.74, 6) is 0. The summed E-state index contributed by atoms with van der Waals surface area (Å²) in [6, 6.07) is 14.0. The number of carbonyl (C=O) groups is 1. The summed E-state index contributed by atoms with van der Waals surface area (Å²) in [6.45, 7) is 5.63. The van der Waals surface area contributed by atoms with E-state index in [0.29, 0.717) is 18.1 Å². The largest absolute Gasteiger partial charge is 0.396 e. The maximum absolute atomic E-state index is 13.0. The third-order valence-electron chi connectivity index (χ3n) is 5.27. The first-order valence-electron chi connectivity index (χ1n) is 11.0. The van der Waals surface area contributed by atoms with Crippen LogP contribution in [0.25, 0.3) is 0 Å². The fraction of sp³-hybridized carbons (Fsp3) is 0.480. The molecule has 0 saturated carbocycles. The van der Waals surface area contributed by atoms with Crippen LogP contribution in [0.15, 0.2) is 42.5 Å². The highest BCUT2D eigenvalue weighted by molar-refractivity contribution is 6.30. The molecule has 2 aromatic rings. The van der Waals surface area contributed by atoms with Gasteiger partial charge >= 0.3 is 6.03 Å². The third-order valence-corrected chi connectivity index (χ3v) is 5.50. The van der Waals surface area contributed by atoms with Crippen LogP contribution in [0, 0.1) is 6.92 Å². The van der Waals surface area contributed by atoms with E-state index in [1.54, 1.807) is 6.07 Å². The number of anilines is 1. The second-order valence-electron chi connectivity index (χ2n) is 7.87. The first-order valence-corrected chi connectivity index (χ1v) is 11.4. The molecule has 0 bridgehead atoms. The normalized spacial score (nSPS) is 10.8. The van der Waals surface area contributed by atoms with Crippen molar-refractivity contribution in [1.82, 2.24) is 4.90 Å². The van der Waals surface area contributed by atoms with Crippen LogP contribution >= 0.6 is 11.6 Å². The van der Waals surface area contributed by atoms with Gasteiger partial charge in [0.2, 0.25) is 0 Å². The number of aliphatic hydroxyl groups is 1. The zero-order valence-electron chi connectivity index (χ0n) is 18.3. The SMILES string of the molecule is CCCCc1ccc(CN(CCCCCCO)C(=O)Nc2ccc(Cl)cc2C)cc1. The van der Waals surface area contributed by atoms with E-state index < -0.39 is 0 Å². The number of carbonyl (C=O) groups excluding carboxylic acids is 1. The number of aliphatic hydroxyl groups excluding tert-OH is 1. The molecule has 0 aromatic heterocycles. The van der Waals surface area contributed by atoms with Crippen LogP contribution in [-0.2, 0) is 13.0 Å². The van der Waals surface area contributed by atoms with Gasteiger partial charge in [-0.05, 0) is 67.5 Å². The van der Waals surface area contributed by atoms with Gasteiger partial charge in [-0.2, -0.15) is 0 Å². The van der Waals surface area contributed by atoms with Crippen molar-refractivity contribution in [3.63, 3.8) is 0 Å². The number of hydrogen-bond acceptors (Lipinski definition) is 2. The predicted octanol–water partition coefficient (Wildman–Crippen LogP) is 6.58. The summed E-state index contributed by atoms with van der Waals surface area (Å²) in [6.07, 6.45) is 7.20. The van der Waals surface area contributed by atoms with E-state index in [0.717, 1.165) is 48.9 Å². The van der Waals surface area contributed by atoms with Gasteiger partial charge in [0.1, 0.15) is 0 Å². The fourth-order valence-corrected chi connectivity index (χ4v) is 3.62. The molecule has 2 aromatic carbocycles. The molecule has 2 amide bonds. The maximum Gasteiger partial charge on any atom is 0.322 e. The molecule has 0 aliphatic rings. The number of urea groups is 1. The molecule has 2 rings (SSSR count). The Morgan fingerprint density at radius 2 is 1.70 bits per heavy atom. The van der Waals surface area contributed by atoms with Crippen molar-refractivity contribution in [1.29, 1.82) is 0 Å². The third kappa shape index (κ3) is 8.37. The molecule has 0 unspecified atom stereocenters. The van der Waals surface area contributed by atoms with Crippen molar-refractivity contribution in [2.24, 2.45) is 0 Å². The molecular formula is C25H35ClN2O2. The smallest absolute Gasteiger partial charge is 0.322 e. The summed E-state index contributed by atoms with van der Waals surface area (Å²) in [7, 11) is 0. The second-order valence-corrected chi connectivity index (χ2v) is 8.31. The van der Waals surface area contributed by atoms with Gasteiger partial charge in [0.05, 0.1) is 0 Å². The minimum atomic E-state index is -0.0994. The van der Waals surface area contributed by atoms with Crippen LogP contribution in [0.2, 0.25) is 5.02 Å². The van der Waals surface area contributed by atoms with E-state index in [4.69, 9.17) is 16.7 Å². The number of benzene rings is 2. The molecule has 0 atom stereocenters. The number of nitrogens with zero attached hydrogens (tertiary/aromatic N) is 1. The first kappa shape index (κ1) is 24.2. The number of halogens is 1. The van der Waals surface area contributed by atoms with Crippen molar-refractivity contribution in [2.45, 2.75) is 65.3 Å². The Bertz CT molecular complexity index is 777. The minimum Gasteiger partial charge on any atom is -0.396 e. The van der Waals surface area contributed by atoms with Crippen LogP contribution in [0.1, 0.15) is 62.1 Å². The van der Waals surface area contributed by atoms with Crippen molar-refractivity contribution >= 4 is 23.3 Å². The Morgan fingerprint density at radius 1 is 1.00 bits per heavy atom. The molecule has 4 nitrogen and oxygen atoms in total. The topological polar surface area (TPSA) is 52.6 Å². The predicted molar refractivity (Wildman–Crippen MR) is 126 cm³/mol. The summed E-state index contributed by atoms with van der Waals surface area (Å²) >= 11 is 6.04. The second kappa shape index (κ2) is 13.3. The average molecular weight is 431 g/mol. The van der Waals surface area contributed by atoms with Gasteiger partial charge in [-0.3, -0.25) is 0 Å². The Kier molecular flexibility index (Phi) is 10.7. The monoisotopic (exact) mass is 430 g/mol. The number of hydrogen-bond donors (Lipinski definition) is 2. The van der Waals surface area contributed by atoms with Crippen LogP contribution in [0.3, 0.4) is 0 Å². The summed E-state index contributed by atoms with van der Waals surface area (Å²) < 4.78 is 0. The van der Waals surface area contributed by atoms with Gasteiger partial charge in [-0.25, -0.2) is 4.79 Å². The van der Waals surface area contributed by atoms with Crippen molar-refractivity contribution in [3.8, 4) is 0 Å². The average Bonchev–Trinajstić information content (AvgIpc) is 2.74. The highest BCUT2D eigenvalue weighted by Gasteiger charge is 2.15. The maximum atomic E-state index is 13.0. The van der Waals surface area contributed by atoms with Crippen LogP contribution in [0.5, 0.6) is 0 Å². The Hall–Kier alpha value is -2.04. The summed E-state index contributed by atoms with van der Waals surface area (Å²) in [5.41, 5.74) is 4.20. The number of nitrogens with one attached hydrogen (secondary N) is 1. The number of rotatable bonds is 12. The number of unbranched alkanes of at least 4 members (excludes halogenated alkanes) is 4. The lowest BCUT2D eigenvalue weighted by molar-refractivity contribution is 0.207.